The van der Waals surface area contributed by atoms with Crippen molar-refractivity contribution in [2.24, 2.45) is 0 Å². The molecule has 2 atom stereocenters. The first-order chi connectivity index (χ1) is 22.2. The molecular formula is C41H77NO3. The predicted molar refractivity (Wildman–Crippen MR) is 198 cm³/mol. The minimum atomic E-state index is -0.663. The van der Waals surface area contributed by atoms with Crippen LogP contribution in [0.1, 0.15) is 200 Å². The fraction of sp³-hybridized carbons (Fsp3) is 0.829. The van der Waals surface area contributed by atoms with Crippen molar-refractivity contribution >= 4 is 5.91 Å². The molecule has 0 saturated heterocycles. The molecule has 0 aliphatic rings. The van der Waals surface area contributed by atoms with Crippen LogP contribution in [-0.2, 0) is 4.79 Å². The molecule has 0 spiro atoms. The number of unbranched alkanes of at least 4 members (excludes halogenated alkanes) is 22. The Balaban J connectivity index is 3.59. The molecular weight excluding hydrogens is 554 g/mol. The molecule has 0 radical (unpaired) electrons. The van der Waals surface area contributed by atoms with Crippen molar-refractivity contribution in [3.8, 4) is 0 Å². The Morgan fingerprint density at radius 1 is 0.533 bits per heavy atom. The van der Waals surface area contributed by atoms with Crippen LogP contribution in [0.2, 0.25) is 0 Å². The van der Waals surface area contributed by atoms with E-state index in [1.54, 1.807) is 0 Å². The van der Waals surface area contributed by atoms with Crippen LogP contribution in [0.4, 0.5) is 0 Å². The molecule has 0 aliphatic carbocycles. The molecule has 3 N–H and O–H groups in total. The van der Waals surface area contributed by atoms with Gasteiger partial charge in [0.05, 0.1) is 18.8 Å². The second-order valence-electron chi connectivity index (χ2n) is 13.4. The van der Waals surface area contributed by atoms with E-state index in [1.165, 1.54) is 122 Å². The maximum Gasteiger partial charge on any atom is 0.220 e. The van der Waals surface area contributed by atoms with E-state index in [-0.39, 0.29) is 12.5 Å². The van der Waals surface area contributed by atoms with E-state index >= 15 is 0 Å². The van der Waals surface area contributed by atoms with Crippen molar-refractivity contribution in [1.29, 1.82) is 0 Å². The molecule has 2 unspecified atom stereocenters. The van der Waals surface area contributed by atoms with Crippen LogP contribution in [0.15, 0.2) is 36.5 Å². The van der Waals surface area contributed by atoms with Gasteiger partial charge in [0.1, 0.15) is 0 Å². The van der Waals surface area contributed by atoms with Crippen molar-refractivity contribution in [3.63, 3.8) is 0 Å². The van der Waals surface area contributed by atoms with Gasteiger partial charge in [-0.1, -0.05) is 179 Å². The van der Waals surface area contributed by atoms with Crippen molar-refractivity contribution in [2.45, 2.75) is 212 Å². The number of allylic oxidation sites excluding steroid dienone is 6. The summed E-state index contributed by atoms with van der Waals surface area (Å²) in [5.74, 6) is -0.0451. The van der Waals surface area contributed by atoms with Gasteiger partial charge < -0.3 is 15.5 Å². The van der Waals surface area contributed by atoms with Crippen LogP contribution in [0.3, 0.4) is 0 Å². The molecule has 0 rings (SSSR count). The first-order valence-electron chi connectivity index (χ1n) is 19.7. The lowest BCUT2D eigenvalue weighted by atomic mass is 10.0. The molecule has 4 heteroatoms. The third-order valence-electron chi connectivity index (χ3n) is 8.90. The highest BCUT2D eigenvalue weighted by molar-refractivity contribution is 5.76. The second kappa shape index (κ2) is 37.1. The Morgan fingerprint density at radius 2 is 0.911 bits per heavy atom. The summed E-state index contributed by atoms with van der Waals surface area (Å²) in [6.45, 7) is 4.32. The summed E-state index contributed by atoms with van der Waals surface area (Å²) in [6.07, 6.45) is 47.7. The summed E-state index contributed by atoms with van der Waals surface area (Å²) in [6, 6.07) is -0.542. The van der Waals surface area contributed by atoms with E-state index in [0.29, 0.717) is 12.8 Å². The van der Waals surface area contributed by atoms with Crippen molar-refractivity contribution < 1.29 is 15.0 Å². The third-order valence-corrected chi connectivity index (χ3v) is 8.90. The summed E-state index contributed by atoms with van der Waals surface area (Å²) in [5.41, 5.74) is 0. The van der Waals surface area contributed by atoms with Crippen LogP contribution >= 0.6 is 0 Å². The standard InChI is InChI=1S/C41H77NO3/c1-3-5-7-9-11-13-15-17-19-20-21-22-23-25-27-29-31-33-35-37-41(45)42-39(38-43)40(44)36-34-32-30-28-26-24-18-16-14-12-10-8-6-4-2/h11,13,17,19,21-22,39-40,43-44H,3-10,12,14-16,18,20,23-38H2,1-2H3,(H,42,45)/b13-11-,19-17-,22-21-. The van der Waals surface area contributed by atoms with Gasteiger partial charge in [0.25, 0.3) is 0 Å². The lowest BCUT2D eigenvalue weighted by Gasteiger charge is -2.22. The summed E-state index contributed by atoms with van der Waals surface area (Å²) >= 11 is 0. The van der Waals surface area contributed by atoms with Gasteiger partial charge in [-0.25, -0.2) is 0 Å². The number of hydrogen-bond acceptors (Lipinski definition) is 3. The van der Waals surface area contributed by atoms with Gasteiger partial charge in [-0.2, -0.15) is 0 Å². The largest absolute Gasteiger partial charge is 0.394 e. The van der Waals surface area contributed by atoms with Gasteiger partial charge in [0, 0.05) is 6.42 Å². The first-order valence-corrected chi connectivity index (χ1v) is 19.7. The molecule has 0 aromatic heterocycles. The first kappa shape index (κ1) is 43.6. The molecule has 0 saturated carbocycles. The Labute approximate surface area is 281 Å². The molecule has 0 aliphatic heterocycles. The number of amides is 1. The fourth-order valence-electron chi connectivity index (χ4n) is 5.84. The monoisotopic (exact) mass is 632 g/mol. The minimum absolute atomic E-state index is 0.0451. The van der Waals surface area contributed by atoms with Gasteiger partial charge in [-0.3, -0.25) is 4.79 Å². The van der Waals surface area contributed by atoms with Crippen LogP contribution in [0, 0.1) is 0 Å². The smallest absolute Gasteiger partial charge is 0.220 e. The van der Waals surface area contributed by atoms with Gasteiger partial charge >= 0.3 is 0 Å². The zero-order valence-corrected chi connectivity index (χ0v) is 30.1. The Kier molecular flexibility index (Phi) is 35.9. The zero-order chi connectivity index (χ0) is 32.9. The topological polar surface area (TPSA) is 69.6 Å². The maximum atomic E-state index is 12.4. The minimum Gasteiger partial charge on any atom is -0.394 e. The van der Waals surface area contributed by atoms with E-state index in [4.69, 9.17) is 0 Å². The normalized spacial score (nSPS) is 13.4. The van der Waals surface area contributed by atoms with Gasteiger partial charge in [-0.15, -0.1) is 0 Å². The van der Waals surface area contributed by atoms with E-state index < -0.39 is 12.1 Å². The van der Waals surface area contributed by atoms with Gasteiger partial charge in [-0.05, 0) is 51.4 Å². The van der Waals surface area contributed by atoms with Gasteiger partial charge in [0.15, 0.2) is 0 Å². The average molecular weight is 632 g/mol. The zero-order valence-electron chi connectivity index (χ0n) is 30.1. The number of carbonyl (C=O) groups excluding carboxylic acids is 1. The number of carbonyl (C=O) groups is 1. The molecule has 0 fully saturated rings. The van der Waals surface area contributed by atoms with Crippen molar-refractivity contribution in [1.82, 2.24) is 5.32 Å². The quantitative estimate of drug-likeness (QED) is 0.0481. The van der Waals surface area contributed by atoms with Crippen LogP contribution in [0.25, 0.3) is 0 Å². The number of aliphatic hydroxyl groups excluding tert-OH is 2. The number of hydrogen-bond donors (Lipinski definition) is 3. The summed E-state index contributed by atoms with van der Waals surface area (Å²) in [5, 5.41) is 23.1. The van der Waals surface area contributed by atoms with E-state index in [1.807, 2.05) is 0 Å². The third kappa shape index (κ3) is 33.8. The number of aliphatic hydroxyl groups is 2. The van der Waals surface area contributed by atoms with Gasteiger partial charge in [0.2, 0.25) is 5.91 Å². The lowest BCUT2D eigenvalue weighted by molar-refractivity contribution is -0.123. The van der Waals surface area contributed by atoms with Crippen molar-refractivity contribution in [3.05, 3.63) is 36.5 Å². The molecule has 264 valence electrons. The van der Waals surface area contributed by atoms with Crippen LogP contribution in [0.5, 0.6) is 0 Å². The summed E-state index contributed by atoms with van der Waals surface area (Å²) in [7, 11) is 0. The van der Waals surface area contributed by atoms with E-state index in [2.05, 4.69) is 55.6 Å². The highest BCUT2D eigenvalue weighted by atomic mass is 16.3. The second-order valence-corrected chi connectivity index (χ2v) is 13.4. The van der Waals surface area contributed by atoms with Crippen molar-refractivity contribution in [2.75, 3.05) is 6.61 Å². The summed E-state index contributed by atoms with van der Waals surface area (Å²) in [4.78, 5) is 12.4. The van der Waals surface area contributed by atoms with E-state index in [0.717, 1.165) is 51.4 Å². The Hall–Kier alpha value is -1.39. The molecule has 0 aromatic rings. The highest BCUT2D eigenvalue weighted by Gasteiger charge is 2.19. The molecule has 0 aromatic carbocycles. The lowest BCUT2D eigenvalue weighted by Crippen LogP contribution is -2.45. The Bertz CT molecular complexity index is 686. The molecule has 4 nitrogen and oxygen atoms in total. The maximum absolute atomic E-state index is 12.4. The predicted octanol–water partition coefficient (Wildman–Crippen LogP) is 11.8. The molecule has 0 heterocycles. The summed E-state index contributed by atoms with van der Waals surface area (Å²) < 4.78 is 0. The highest BCUT2D eigenvalue weighted by Crippen LogP contribution is 2.15. The number of nitrogens with one attached hydrogen (secondary N) is 1. The molecule has 1 amide bonds. The average Bonchev–Trinajstić information content (AvgIpc) is 3.04. The Morgan fingerprint density at radius 3 is 1.40 bits per heavy atom. The van der Waals surface area contributed by atoms with E-state index in [9.17, 15) is 15.0 Å². The van der Waals surface area contributed by atoms with Crippen LogP contribution < -0.4 is 5.32 Å². The SMILES string of the molecule is CCCCC/C=C\C/C=C\C/C=C\CCCCCCCCC(=O)NC(CO)C(O)CCCCCCCCCCCCCCCC. The molecule has 45 heavy (non-hydrogen) atoms. The fourth-order valence-corrected chi connectivity index (χ4v) is 5.84. The van der Waals surface area contributed by atoms with Crippen LogP contribution in [-0.4, -0.2) is 34.9 Å². The number of rotatable bonds is 35. The molecule has 0 bridgehead atoms.